The van der Waals surface area contributed by atoms with Gasteiger partial charge in [0.2, 0.25) is 0 Å². The van der Waals surface area contributed by atoms with E-state index in [-0.39, 0.29) is 27.5 Å². The minimum absolute atomic E-state index is 0.146. The van der Waals surface area contributed by atoms with Gasteiger partial charge in [-0.2, -0.15) is 0 Å². The molecule has 30 heavy (non-hydrogen) atoms. The van der Waals surface area contributed by atoms with Crippen LogP contribution in [0.15, 0.2) is 27.0 Å². The summed E-state index contributed by atoms with van der Waals surface area (Å²) in [5, 5.41) is 20.4. The van der Waals surface area contributed by atoms with Crippen LogP contribution in [-0.4, -0.2) is 75.6 Å². The highest BCUT2D eigenvalue weighted by molar-refractivity contribution is 8.00. The molecule has 1 aromatic heterocycles. The van der Waals surface area contributed by atoms with Crippen molar-refractivity contribution in [2.75, 3.05) is 20.0 Å². The lowest BCUT2D eigenvalue weighted by Gasteiger charge is -2.50. The molecule has 1 fully saturated rings. The fraction of sp³-hybridized carbons (Fsp3) is 0.375. The van der Waals surface area contributed by atoms with Gasteiger partial charge in [-0.3, -0.25) is 14.5 Å². The molecular weight excluding hydrogens is 436 g/mol. The molecule has 4 N–H and O–H groups in total. The van der Waals surface area contributed by atoms with E-state index in [1.54, 1.807) is 6.92 Å². The largest absolute Gasteiger partial charge is 0.477 e. The molecule has 0 radical (unpaired) electrons. The van der Waals surface area contributed by atoms with E-state index >= 15 is 0 Å². The number of nitrogens with zero attached hydrogens (tertiary/aromatic N) is 4. The van der Waals surface area contributed by atoms with E-state index in [1.807, 2.05) is 0 Å². The summed E-state index contributed by atoms with van der Waals surface area (Å²) in [5.41, 5.74) is 5.80. The Balaban J connectivity index is 1.84. The number of β-lactam (4-membered cyclic amide) rings is 1. The van der Waals surface area contributed by atoms with Crippen LogP contribution in [0.5, 0.6) is 0 Å². The van der Waals surface area contributed by atoms with E-state index in [9.17, 15) is 19.5 Å². The third kappa shape index (κ3) is 3.82. The van der Waals surface area contributed by atoms with Crippen LogP contribution in [0, 0.1) is 0 Å². The van der Waals surface area contributed by atoms with Gasteiger partial charge in [0.1, 0.15) is 37.0 Å². The summed E-state index contributed by atoms with van der Waals surface area (Å²) < 4.78 is 0. The number of anilines is 1. The molecule has 1 saturated heterocycles. The summed E-state index contributed by atoms with van der Waals surface area (Å²) in [7, 11) is 2.60. The molecule has 3 atom stereocenters. The van der Waals surface area contributed by atoms with Crippen LogP contribution in [-0.2, 0) is 24.1 Å². The number of rotatable bonds is 7. The number of aromatic nitrogens is 1. The Hall–Kier alpha value is -3.13. The zero-order valence-electron chi connectivity index (χ0n) is 16.1. The van der Waals surface area contributed by atoms with Crippen molar-refractivity contribution in [1.82, 2.24) is 15.2 Å². The Kier molecular flexibility index (Phi) is 6.26. The van der Waals surface area contributed by atoms with Gasteiger partial charge in [-0.1, -0.05) is 10.3 Å². The first-order valence-electron chi connectivity index (χ1n) is 8.46. The molecule has 14 heteroatoms. The smallest absolute Gasteiger partial charge is 0.353 e. The van der Waals surface area contributed by atoms with Crippen LogP contribution in [0.4, 0.5) is 5.13 Å². The second-order valence-electron chi connectivity index (χ2n) is 6.05. The lowest BCUT2D eigenvalue weighted by molar-refractivity contribution is -0.150. The highest BCUT2D eigenvalue weighted by atomic mass is 32.2. The molecule has 2 aliphatic heterocycles. The molecule has 0 aliphatic carbocycles. The number of hydrogen-bond donors (Lipinski definition) is 3. The zero-order chi connectivity index (χ0) is 22.0. The average molecular weight is 454 g/mol. The fourth-order valence-electron chi connectivity index (χ4n) is 2.99. The van der Waals surface area contributed by atoms with Gasteiger partial charge in [0.25, 0.3) is 11.8 Å². The Bertz CT molecular complexity index is 973. The highest BCUT2D eigenvalue weighted by Crippen LogP contribution is 2.43. The van der Waals surface area contributed by atoms with Crippen molar-refractivity contribution < 1.29 is 29.2 Å². The van der Waals surface area contributed by atoms with Crippen molar-refractivity contribution in [3.8, 4) is 0 Å². The van der Waals surface area contributed by atoms with Crippen molar-refractivity contribution >= 4 is 57.9 Å². The van der Waals surface area contributed by atoms with E-state index in [1.165, 1.54) is 37.6 Å². The summed E-state index contributed by atoms with van der Waals surface area (Å²) in [5.74, 6) is -2.54. The number of thiazole rings is 1. The summed E-state index contributed by atoms with van der Waals surface area (Å²) >= 11 is 2.43. The maximum Gasteiger partial charge on any atom is 0.353 e. The quantitative estimate of drug-likeness (QED) is 0.288. The molecule has 0 bridgehead atoms. The molecule has 12 nitrogen and oxygen atoms in total. The van der Waals surface area contributed by atoms with Gasteiger partial charge in [-0.25, -0.2) is 9.78 Å². The number of carbonyl (C=O) groups excluding carboxylic acids is 2. The SMILES string of the molecule is CON=CC1=C(C(=O)O)N2C(=O)C(NC(=O)C(=NOC)c3csc(N)n3)[C@@H]2S[C@@H]1C. The number of fused-ring (bicyclic) bond motifs is 1. The van der Waals surface area contributed by atoms with Crippen LogP contribution in [0.25, 0.3) is 0 Å². The number of thioether (sulfide) groups is 1. The number of amides is 2. The van der Waals surface area contributed by atoms with Gasteiger partial charge in [0, 0.05) is 16.2 Å². The highest BCUT2D eigenvalue weighted by Gasteiger charge is 2.55. The number of carboxylic acids is 1. The predicted molar refractivity (Wildman–Crippen MR) is 110 cm³/mol. The lowest BCUT2D eigenvalue weighted by Crippen LogP contribution is -2.71. The monoisotopic (exact) mass is 454 g/mol. The first-order chi connectivity index (χ1) is 14.3. The first-order valence-corrected chi connectivity index (χ1v) is 10.3. The molecule has 1 unspecified atom stereocenters. The van der Waals surface area contributed by atoms with E-state index in [0.29, 0.717) is 5.57 Å². The maximum atomic E-state index is 12.7. The van der Waals surface area contributed by atoms with E-state index in [0.717, 1.165) is 16.2 Å². The zero-order valence-corrected chi connectivity index (χ0v) is 17.7. The molecule has 0 saturated carbocycles. The van der Waals surface area contributed by atoms with Crippen LogP contribution < -0.4 is 11.1 Å². The number of nitrogen functional groups attached to an aromatic ring is 1. The molecule has 3 heterocycles. The van der Waals surface area contributed by atoms with Gasteiger partial charge in [0.15, 0.2) is 10.8 Å². The van der Waals surface area contributed by atoms with Crippen molar-refractivity contribution in [2.24, 2.45) is 10.3 Å². The predicted octanol–water partition coefficient (Wildman–Crippen LogP) is -0.165. The van der Waals surface area contributed by atoms with Crippen LogP contribution in [0.2, 0.25) is 0 Å². The molecule has 0 spiro atoms. The van der Waals surface area contributed by atoms with Gasteiger partial charge < -0.3 is 25.8 Å². The number of nitrogens with one attached hydrogen (secondary N) is 1. The molecule has 0 aromatic carbocycles. The molecular formula is C16H18N6O6S2. The van der Waals surface area contributed by atoms with E-state index in [4.69, 9.17) is 10.6 Å². The van der Waals surface area contributed by atoms with Crippen molar-refractivity contribution in [2.45, 2.75) is 23.6 Å². The molecule has 1 aromatic rings. The summed E-state index contributed by atoms with van der Waals surface area (Å²) in [6.45, 7) is 1.78. The maximum absolute atomic E-state index is 12.7. The van der Waals surface area contributed by atoms with Crippen LogP contribution >= 0.6 is 23.1 Å². The van der Waals surface area contributed by atoms with Gasteiger partial charge in [-0.15, -0.1) is 23.1 Å². The van der Waals surface area contributed by atoms with Crippen LogP contribution in [0.1, 0.15) is 12.6 Å². The normalized spacial score (nSPS) is 23.8. The molecule has 3 rings (SSSR count). The van der Waals surface area contributed by atoms with Crippen LogP contribution in [0.3, 0.4) is 0 Å². The minimum atomic E-state index is -1.28. The minimum Gasteiger partial charge on any atom is -0.477 e. The third-order valence-corrected chi connectivity index (χ3v) is 6.39. The molecule has 160 valence electrons. The lowest BCUT2D eigenvalue weighted by atomic mass is 10.0. The summed E-state index contributed by atoms with van der Waals surface area (Å²) in [4.78, 5) is 51.7. The van der Waals surface area contributed by atoms with E-state index in [2.05, 4.69) is 25.4 Å². The Morgan fingerprint density at radius 1 is 1.40 bits per heavy atom. The Morgan fingerprint density at radius 3 is 2.70 bits per heavy atom. The van der Waals surface area contributed by atoms with Crippen molar-refractivity contribution in [1.29, 1.82) is 0 Å². The number of hydrogen-bond acceptors (Lipinski definition) is 11. The number of oxime groups is 2. The van der Waals surface area contributed by atoms with Gasteiger partial charge in [-0.05, 0) is 6.92 Å². The second kappa shape index (κ2) is 8.71. The number of aliphatic carboxylic acids is 1. The van der Waals surface area contributed by atoms with E-state index < -0.39 is 29.2 Å². The second-order valence-corrected chi connectivity index (χ2v) is 8.40. The Morgan fingerprint density at radius 2 is 2.13 bits per heavy atom. The Labute approximate surface area is 178 Å². The van der Waals surface area contributed by atoms with Crippen molar-refractivity contribution in [3.05, 3.63) is 22.3 Å². The molecule has 2 amide bonds. The van der Waals surface area contributed by atoms with Gasteiger partial charge >= 0.3 is 5.97 Å². The molecule has 2 aliphatic rings. The summed E-state index contributed by atoms with van der Waals surface area (Å²) in [6.07, 6.45) is 1.27. The average Bonchev–Trinajstić information content (AvgIpc) is 3.14. The van der Waals surface area contributed by atoms with Gasteiger partial charge in [0.05, 0.1) is 6.21 Å². The fourth-order valence-corrected chi connectivity index (χ4v) is 4.95. The third-order valence-electron chi connectivity index (χ3n) is 4.29. The standard InChI is InChI=1S/C16H18N6O6S2/c1-6-7(4-18-27-2)11(15(25)26)22-13(24)10(14(22)30-6)20-12(23)9(21-28-3)8-5-29-16(17)19-8/h4-6,10,14H,1-3H3,(H2,17,19)(H,20,23)(H,25,26)/t6-,10?,14+/m1/s1. The number of carboxylic acid groups (broad SMARTS) is 1. The number of nitrogens with two attached hydrogens (primary N) is 1. The van der Waals surface area contributed by atoms with Crippen molar-refractivity contribution in [3.63, 3.8) is 0 Å². The number of carbonyl (C=O) groups is 3. The summed E-state index contributed by atoms with van der Waals surface area (Å²) in [6, 6.07) is -0.946. The topological polar surface area (TPSA) is 169 Å². The first kappa shape index (κ1) is 21.6.